The number of amides is 1. The first kappa shape index (κ1) is 20.3. The van der Waals surface area contributed by atoms with Gasteiger partial charge in [-0.25, -0.2) is 9.98 Å². The molecule has 1 aliphatic carbocycles. The number of aryl methyl sites for hydroxylation is 2. The molecule has 6 nitrogen and oxygen atoms in total. The molecule has 0 radical (unpaired) electrons. The molecule has 0 spiro atoms. The Kier molecular flexibility index (Phi) is 7.03. The molecule has 150 valence electrons. The summed E-state index contributed by atoms with van der Waals surface area (Å²) >= 11 is 1.81. The molecule has 1 N–H and O–H groups in total. The van der Waals surface area contributed by atoms with Crippen LogP contribution in [0.3, 0.4) is 0 Å². The van der Waals surface area contributed by atoms with Gasteiger partial charge in [0.15, 0.2) is 5.96 Å². The average Bonchev–Trinajstić information content (AvgIpc) is 3.10. The highest BCUT2D eigenvalue weighted by Gasteiger charge is 2.17. The molecular formula is C21H29N5OS. The molecule has 0 saturated carbocycles. The highest BCUT2D eigenvalue weighted by molar-refractivity contribution is 7.11. The van der Waals surface area contributed by atoms with E-state index >= 15 is 0 Å². The number of aliphatic imine (C=N–C) groups is 1. The number of fused-ring (bicyclic) bond motifs is 1. The molecule has 0 unspecified atom stereocenters. The van der Waals surface area contributed by atoms with E-state index < -0.39 is 0 Å². The smallest absolute Gasteiger partial charge is 0.241 e. The van der Waals surface area contributed by atoms with Crippen molar-refractivity contribution < 1.29 is 4.79 Å². The van der Waals surface area contributed by atoms with Gasteiger partial charge in [-0.1, -0.05) is 30.3 Å². The molecule has 1 amide bonds. The largest absolute Gasteiger partial charge is 0.347 e. The van der Waals surface area contributed by atoms with Crippen molar-refractivity contribution in [3.05, 3.63) is 51.5 Å². The Balaban J connectivity index is 1.70. The third-order valence-electron chi connectivity index (χ3n) is 4.77. The summed E-state index contributed by atoms with van der Waals surface area (Å²) in [4.78, 5) is 26.7. The number of carbonyl (C=O) groups excluding carboxylic acids is 1. The van der Waals surface area contributed by atoms with Crippen LogP contribution in [-0.4, -0.2) is 54.3 Å². The molecule has 1 aromatic heterocycles. The lowest BCUT2D eigenvalue weighted by atomic mass is 10.0. The molecular weight excluding hydrogens is 370 g/mol. The Morgan fingerprint density at radius 1 is 1.18 bits per heavy atom. The monoisotopic (exact) mass is 399 g/mol. The van der Waals surface area contributed by atoms with E-state index in [1.807, 2.05) is 36.6 Å². The highest BCUT2D eigenvalue weighted by atomic mass is 32.1. The number of thiazole rings is 1. The van der Waals surface area contributed by atoms with Crippen LogP contribution in [-0.2, 0) is 30.7 Å². The van der Waals surface area contributed by atoms with Crippen LogP contribution in [0.2, 0.25) is 0 Å². The number of guanidine groups is 1. The third kappa shape index (κ3) is 5.55. The predicted molar refractivity (Wildman–Crippen MR) is 115 cm³/mol. The summed E-state index contributed by atoms with van der Waals surface area (Å²) in [7, 11) is 5.51. The minimum Gasteiger partial charge on any atom is -0.347 e. The fourth-order valence-electron chi connectivity index (χ4n) is 3.12. The van der Waals surface area contributed by atoms with Gasteiger partial charge in [-0.3, -0.25) is 4.79 Å². The van der Waals surface area contributed by atoms with E-state index in [0.717, 1.165) is 23.4 Å². The number of carbonyl (C=O) groups is 1. The lowest BCUT2D eigenvalue weighted by molar-refractivity contribution is -0.127. The summed E-state index contributed by atoms with van der Waals surface area (Å²) in [5.41, 5.74) is 2.41. The second-order valence-corrected chi connectivity index (χ2v) is 8.48. The standard InChI is InChI=1S/C21H29N5OS/c1-25(2)20(27)14-23-21(22-13-16-9-5-4-6-10-16)26(3)15-19-24-17-11-7-8-12-18(17)28-19/h4-6,9-10H,7-8,11-15H2,1-3H3,(H,22,23). The van der Waals surface area contributed by atoms with E-state index in [-0.39, 0.29) is 12.5 Å². The maximum atomic E-state index is 12.0. The van der Waals surface area contributed by atoms with Crippen molar-refractivity contribution in [3.8, 4) is 0 Å². The fourth-order valence-corrected chi connectivity index (χ4v) is 4.34. The molecule has 1 aliphatic rings. The van der Waals surface area contributed by atoms with Crippen LogP contribution in [0.4, 0.5) is 0 Å². The van der Waals surface area contributed by atoms with Gasteiger partial charge in [0.05, 0.1) is 25.3 Å². The zero-order chi connectivity index (χ0) is 19.9. The molecule has 3 rings (SSSR count). The Labute approximate surface area is 171 Å². The second-order valence-electron chi connectivity index (χ2n) is 7.31. The first-order valence-electron chi connectivity index (χ1n) is 9.74. The normalized spacial score (nSPS) is 13.8. The maximum absolute atomic E-state index is 12.0. The first-order chi connectivity index (χ1) is 13.5. The van der Waals surface area contributed by atoms with Crippen molar-refractivity contribution in [2.75, 3.05) is 27.7 Å². The van der Waals surface area contributed by atoms with Crippen LogP contribution in [0.1, 0.15) is 34.0 Å². The maximum Gasteiger partial charge on any atom is 0.241 e. The Morgan fingerprint density at radius 2 is 1.93 bits per heavy atom. The molecule has 1 aromatic carbocycles. The quantitative estimate of drug-likeness (QED) is 0.599. The van der Waals surface area contributed by atoms with Gasteiger partial charge < -0.3 is 15.1 Å². The zero-order valence-corrected chi connectivity index (χ0v) is 17.8. The molecule has 7 heteroatoms. The molecule has 0 aliphatic heterocycles. The van der Waals surface area contributed by atoms with E-state index in [1.165, 1.54) is 23.4 Å². The average molecular weight is 400 g/mol. The highest BCUT2D eigenvalue weighted by Crippen LogP contribution is 2.27. The van der Waals surface area contributed by atoms with Crippen LogP contribution in [0.15, 0.2) is 35.3 Å². The number of aromatic nitrogens is 1. The SMILES string of the molecule is CN(C)C(=O)CNC(=NCc1ccccc1)N(C)Cc1nc2c(s1)CCCC2. The van der Waals surface area contributed by atoms with Crippen LogP contribution in [0.5, 0.6) is 0 Å². The van der Waals surface area contributed by atoms with Crippen molar-refractivity contribution in [1.82, 2.24) is 20.1 Å². The lowest BCUT2D eigenvalue weighted by Gasteiger charge is -2.22. The number of nitrogens with zero attached hydrogens (tertiary/aromatic N) is 4. The summed E-state index contributed by atoms with van der Waals surface area (Å²) in [5, 5.41) is 4.33. The van der Waals surface area contributed by atoms with Gasteiger partial charge in [-0.15, -0.1) is 11.3 Å². The van der Waals surface area contributed by atoms with Crippen molar-refractivity contribution in [3.63, 3.8) is 0 Å². The fraction of sp³-hybridized carbons (Fsp3) is 0.476. The van der Waals surface area contributed by atoms with Gasteiger partial charge in [-0.05, 0) is 31.2 Å². The summed E-state index contributed by atoms with van der Waals surface area (Å²) in [6.07, 6.45) is 4.76. The summed E-state index contributed by atoms with van der Waals surface area (Å²) in [5.74, 6) is 0.734. The van der Waals surface area contributed by atoms with Crippen molar-refractivity contribution in [2.45, 2.75) is 38.8 Å². The molecule has 28 heavy (non-hydrogen) atoms. The van der Waals surface area contributed by atoms with E-state index in [9.17, 15) is 4.79 Å². The van der Waals surface area contributed by atoms with Gasteiger partial charge in [0.1, 0.15) is 5.01 Å². The van der Waals surface area contributed by atoms with Crippen LogP contribution in [0.25, 0.3) is 0 Å². The lowest BCUT2D eigenvalue weighted by Crippen LogP contribution is -2.43. The van der Waals surface area contributed by atoms with E-state index in [2.05, 4.69) is 22.3 Å². The van der Waals surface area contributed by atoms with E-state index in [4.69, 9.17) is 9.98 Å². The van der Waals surface area contributed by atoms with Crippen molar-refractivity contribution in [2.24, 2.45) is 4.99 Å². The van der Waals surface area contributed by atoms with Gasteiger partial charge in [0.2, 0.25) is 5.91 Å². The number of hydrogen-bond donors (Lipinski definition) is 1. The van der Waals surface area contributed by atoms with Crippen molar-refractivity contribution in [1.29, 1.82) is 0 Å². The number of benzene rings is 1. The number of hydrogen-bond acceptors (Lipinski definition) is 4. The molecule has 0 fully saturated rings. The molecule has 0 saturated heterocycles. The predicted octanol–water partition coefficient (Wildman–Crippen LogP) is 2.69. The second kappa shape index (κ2) is 9.68. The van der Waals surface area contributed by atoms with Crippen LogP contribution >= 0.6 is 11.3 Å². The van der Waals surface area contributed by atoms with Gasteiger partial charge in [0, 0.05) is 26.0 Å². The molecule has 0 atom stereocenters. The zero-order valence-electron chi connectivity index (χ0n) is 16.9. The number of nitrogens with one attached hydrogen (secondary N) is 1. The Morgan fingerprint density at radius 3 is 2.64 bits per heavy atom. The molecule has 1 heterocycles. The van der Waals surface area contributed by atoms with Crippen LogP contribution in [0, 0.1) is 0 Å². The topological polar surface area (TPSA) is 60.8 Å². The van der Waals surface area contributed by atoms with E-state index in [1.54, 1.807) is 19.0 Å². The third-order valence-corrected chi connectivity index (χ3v) is 5.92. The van der Waals surface area contributed by atoms with E-state index in [0.29, 0.717) is 19.0 Å². The summed E-state index contributed by atoms with van der Waals surface area (Å²) in [6.45, 7) is 1.48. The number of rotatable bonds is 6. The first-order valence-corrected chi connectivity index (χ1v) is 10.6. The van der Waals surface area contributed by atoms with Gasteiger partial charge in [0.25, 0.3) is 0 Å². The minimum atomic E-state index is 0.0190. The summed E-state index contributed by atoms with van der Waals surface area (Å²) in [6, 6.07) is 10.1. The van der Waals surface area contributed by atoms with Gasteiger partial charge >= 0.3 is 0 Å². The molecule has 0 bridgehead atoms. The number of likely N-dealkylation sites (N-methyl/N-ethyl adjacent to an activating group) is 1. The summed E-state index contributed by atoms with van der Waals surface area (Å²) < 4.78 is 0. The van der Waals surface area contributed by atoms with Gasteiger partial charge in [-0.2, -0.15) is 0 Å². The molecule has 2 aromatic rings. The minimum absolute atomic E-state index is 0.0190. The van der Waals surface area contributed by atoms with Crippen LogP contribution < -0.4 is 5.32 Å². The Bertz CT molecular complexity index is 792. The van der Waals surface area contributed by atoms with Crippen molar-refractivity contribution >= 4 is 23.2 Å². The Hall–Kier alpha value is -2.41.